The Morgan fingerprint density at radius 3 is 2.81 bits per heavy atom. The zero-order valence-electron chi connectivity index (χ0n) is 17.9. The predicted molar refractivity (Wildman–Crippen MR) is 120 cm³/mol. The Bertz CT molecular complexity index is 1020. The molecule has 2 aromatic carbocycles. The normalized spacial score (nSPS) is 11.5. The lowest BCUT2D eigenvalue weighted by Gasteiger charge is -2.13. The van der Waals surface area contributed by atoms with Crippen LogP contribution in [0.15, 0.2) is 47.6 Å². The molecule has 166 valence electrons. The Morgan fingerprint density at radius 1 is 1.16 bits per heavy atom. The number of guanidine groups is 1. The summed E-state index contributed by atoms with van der Waals surface area (Å²) in [5.74, 6) is 1.66. The van der Waals surface area contributed by atoms with Gasteiger partial charge < -0.3 is 30.2 Å². The van der Waals surface area contributed by atoms with Gasteiger partial charge >= 0.3 is 0 Å². The number of H-pyrrole nitrogens is 1. The first-order valence-corrected chi connectivity index (χ1v) is 10.3. The molecule has 0 fully saturated rings. The standard InChI is InChI=1S/C23H29FN4O3/c1-3-25-23(26-9-8-17-15-27-20-6-5-18(24)13-19(17)20)28-14-16-4-7-21(31-11-10-29)22(12-16)30-2/h4-7,12-13,15,27,29H,3,8-11,14H2,1-2H3,(H2,25,26,28). The molecule has 8 heteroatoms. The highest BCUT2D eigenvalue weighted by molar-refractivity contribution is 5.83. The van der Waals surface area contributed by atoms with Crippen molar-refractivity contribution in [2.75, 3.05) is 33.4 Å². The SMILES string of the molecule is CCNC(=NCc1ccc(OCCO)c(OC)c1)NCCc1c[nH]c2ccc(F)cc12. The number of benzene rings is 2. The molecule has 0 atom stereocenters. The van der Waals surface area contributed by atoms with Crippen molar-refractivity contribution in [3.63, 3.8) is 0 Å². The van der Waals surface area contributed by atoms with E-state index in [2.05, 4.69) is 20.6 Å². The van der Waals surface area contributed by atoms with E-state index in [0.29, 0.717) is 30.5 Å². The second-order valence-corrected chi connectivity index (χ2v) is 6.93. The molecule has 0 unspecified atom stereocenters. The summed E-state index contributed by atoms with van der Waals surface area (Å²) in [5, 5.41) is 16.4. The number of rotatable bonds is 10. The van der Waals surface area contributed by atoms with Crippen LogP contribution in [0.3, 0.4) is 0 Å². The van der Waals surface area contributed by atoms with Crippen LogP contribution in [0, 0.1) is 5.82 Å². The summed E-state index contributed by atoms with van der Waals surface area (Å²) in [4.78, 5) is 7.81. The third-order valence-electron chi connectivity index (χ3n) is 4.76. The molecule has 4 N–H and O–H groups in total. The summed E-state index contributed by atoms with van der Waals surface area (Å²) in [6, 6.07) is 10.4. The Kier molecular flexibility index (Phi) is 8.12. The van der Waals surface area contributed by atoms with Gasteiger partial charge in [-0.15, -0.1) is 0 Å². The minimum absolute atomic E-state index is 0.0552. The van der Waals surface area contributed by atoms with Crippen LogP contribution in [-0.2, 0) is 13.0 Å². The predicted octanol–water partition coefficient (Wildman–Crippen LogP) is 2.98. The third-order valence-corrected chi connectivity index (χ3v) is 4.76. The van der Waals surface area contributed by atoms with Crippen LogP contribution >= 0.6 is 0 Å². The smallest absolute Gasteiger partial charge is 0.191 e. The first-order chi connectivity index (χ1) is 15.1. The number of hydrogen-bond donors (Lipinski definition) is 4. The molecule has 3 rings (SSSR count). The number of aromatic amines is 1. The van der Waals surface area contributed by atoms with E-state index in [1.54, 1.807) is 19.2 Å². The van der Waals surface area contributed by atoms with Crippen LogP contribution in [0.4, 0.5) is 4.39 Å². The number of aliphatic hydroxyl groups is 1. The molecule has 0 radical (unpaired) electrons. The van der Waals surface area contributed by atoms with Crippen LogP contribution in [0.25, 0.3) is 10.9 Å². The van der Waals surface area contributed by atoms with Gasteiger partial charge in [-0.1, -0.05) is 6.07 Å². The average molecular weight is 429 g/mol. The maximum absolute atomic E-state index is 13.6. The van der Waals surface area contributed by atoms with E-state index in [1.807, 2.05) is 31.3 Å². The van der Waals surface area contributed by atoms with Crippen molar-refractivity contribution < 1.29 is 19.0 Å². The number of halogens is 1. The third kappa shape index (κ3) is 6.11. The number of methoxy groups -OCH3 is 1. The molecule has 0 amide bonds. The minimum Gasteiger partial charge on any atom is -0.493 e. The number of hydrogen-bond acceptors (Lipinski definition) is 4. The zero-order valence-corrected chi connectivity index (χ0v) is 17.9. The summed E-state index contributed by atoms with van der Waals surface area (Å²) >= 11 is 0. The zero-order chi connectivity index (χ0) is 22.1. The average Bonchev–Trinajstić information content (AvgIpc) is 3.18. The molecule has 31 heavy (non-hydrogen) atoms. The Hall–Kier alpha value is -3.26. The molecular formula is C23H29FN4O3. The quantitative estimate of drug-likeness (QED) is 0.294. The Labute approximate surface area is 181 Å². The van der Waals surface area contributed by atoms with Crippen LogP contribution in [0.1, 0.15) is 18.1 Å². The van der Waals surface area contributed by atoms with Gasteiger partial charge in [0.2, 0.25) is 0 Å². The number of ether oxygens (including phenoxy) is 2. The highest BCUT2D eigenvalue weighted by atomic mass is 19.1. The molecule has 0 bridgehead atoms. The highest BCUT2D eigenvalue weighted by Gasteiger charge is 2.07. The van der Waals surface area contributed by atoms with Crippen molar-refractivity contribution in [1.82, 2.24) is 15.6 Å². The monoisotopic (exact) mass is 428 g/mol. The van der Waals surface area contributed by atoms with Gasteiger partial charge in [0.1, 0.15) is 12.4 Å². The molecule has 0 spiro atoms. The fourth-order valence-electron chi connectivity index (χ4n) is 3.27. The maximum Gasteiger partial charge on any atom is 0.191 e. The van der Waals surface area contributed by atoms with Crippen LogP contribution in [0.2, 0.25) is 0 Å². The summed E-state index contributed by atoms with van der Waals surface area (Å²) < 4.78 is 24.4. The summed E-state index contributed by atoms with van der Waals surface area (Å²) in [6.07, 6.45) is 2.65. The highest BCUT2D eigenvalue weighted by Crippen LogP contribution is 2.28. The van der Waals surface area contributed by atoms with Gasteiger partial charge in [0.25, 0.3) is 0 Å². The van der Waals surface area contributed by atoms with E-state index in [4.69, 9.17) is 14.6 Å². The Balaban J connectivity index is 1.61. The van der Waals surface area contributed by atoms with Gasteiger partial charge in [0.15, 0.2) is 17.5 Å². The number of aromatic nitrogens is 1. The van der Waals surface area contributed by atoms with Crippen molar-refractivity contribution >= 4 is 16.9 Å². The van der Waals surface area contributed by atoms with E-state index in [9.17, 15) is 4.39 Å². The lowest BCUT2D eigenvalue weighted by Crippen LogP contribution is -2.38. The van der Waals surface area contributed by atoms with E-state index in [-0.39, 0.29) is 19.0 Å². The van der Waals surface area contributed by atoms with Gasteiger partial charge in [0, 0.05) is 30.2 Å². The molecule has 0 aliphatic heterocycles. The fourth-order valence-corrected chi connectivity index (χ4v) is 3.27. The summed E-state index contributed by atoms with van der Waals surface area (Å²) in [6.45, 7) is 4.03. The van der Waals surface area contributed by atoms with Gasteiger partial charge in [0.05, 0.1) is 20.3 Å². The van der Waals surface area contributed by atoms with Crippen molar-refractivity contribution in [1.29, 1.82) is 0 Å². The Morgan fingerprint density at radius 2 is 2.03 bits per heavy atom. The lowest BCUT2D eigenvalue weighted by atomic mass is 10.1. The van der Waals surface area contributed by atoms with Crippen molar-refractivity contribution in [3.05, 3.63) is 59.5 Å². The molecule has 0 saturated heterocycles. The first kappa shape index (κ1) is 22.4. The largest absolute Gasteiger partial charge is 0.493 e. The fraction of sp³-hybridized carbons (Fsp3) is 0.348. The molecule has 3 aromatic rings. The van der Waals surface area contributed by atoms with Gasteiger partial charge in [-0.05, 0) is 54.8 Å². The number of fused-ring (bicyclic) bond motifs is 1. The van der Waals surface area contributed by atoms with Crippen LogP contribution < -0.4 is 20.1 Å². The number of nitrogens with zero attached hydrogens (tertiary/aromatic N) is 1. The van der Waals surface area contributed by atoms with E-state index in [0.717, 1.165) is 35.0 Å². The van der Waals surface area contributed by atoms with E-state index in [1.165, 1.54) is 6.07 Å². The second kappa shape index (κ2) is 11.2. The molecule has 7 nitrogen and oxygen atoms in total. The number of aliphatic hydroxyl groups excluding tert-OH is 1. The van der Waals surface area contributed by atoms with Crippen LogP contribution in [0.5, 0.6) is 11.5 Å². The van der Waals surface area contributed by atoms with Crippen molar-refractivity contribution in [3.8, 4) is 11.5 Å². The molecule has 0 aliphatic rings. The van der Waals surface area contributed by atoms with Gasteiger partial charge in [-0.3, -0.25) is 0 Å². The van der Waals surface area contributed by atoms with Gasteiger partial charge in [-0.25, -0.2) is 9.38 Å². The number of nitrogens with one attached hydrogen (secondary N) is 3. The molecule has 1 aromatic heterocycles. The topological polar surface area (TPSA) is 90.9 Å². The van der Waals surface area contributed by atoms with E-state index >= 15 is 0 Å². The second-order valence-electron chi connectivity index (χ2n) is 6.93. The maximum atomic E-state index is 13.6. The number of aliphatic imine (C=N–C) groups is 1. The summed E-state index contributed by atoms with van der Waals surface area (Å²) in [7, 11) is 1.58. The first-order valence-electron chi connectivity index (χ1n) is 10.3. The van der Waals surface area contributed by atoms with Crippen molar-refractivity contribution in [2.24, 2.45) is 4.99 Å². The van der Waals surface area contributed by atoms with Crippen LogP contribution in [-0.4, -0.2) is 49.5 Å². The molecule has 1 heterocycles. The van der Waals surface area contributed by atoms with Gasteiger partial charge in [-0.2, -0.15) is 0 Å². The molecule has 0 aliphatic carbocycles. The van der Waals surface area contributed by atoms with E-state index < -0.39 is 0 Å². The lowest BCUT2D eigenvalue weighted by molar-refractivity contribution is 0.196. The van der Waals surface area contributed by atoms with Crippen molar-refractivity contribution in [2.45, 2.75) is 19.9 Å². The molecule has 0 saturated carbocycles. The summed E-state index contributed by atoms with van der Waals surface area (Å²) in [5.41, 5.74) is 2.95. The minimum atomic E-state index is -0.237. The molecular weight excluding hydrogens is 399 g/mol.